The van der Waals surface area contributed by atoms with Crippen LogP contribution in [0.25, 0.3) is 0 Å². The highest BCUT2D eigenvalue weighted by Crippen LogP contribution is 2.04. The number of nitrogens with zero attached hydrogens (tertiary/aromatic N) is 2. The van der Waals surface area contributed by atoms with Crippen molar-refractivity contribution in [1.82, 2.24) is 9.78 Å². The van der Waals surface area contributed by atoms with E-state index in [0.29, 0.717) is 6.54 Å². The Kier molecular flexibility index (Phi) is 4.28. The van der Waals surface area contributed by atoms with E-state index >= 15 is 0 Å². The van der Waals surface area contributed by atoms with Crippen molar-refractivity contribution in [3.63, 3.8) is 0 Å². The summed E-state index contributed by atoms with van der Waals surface area (Å²) in [5, 5.41) is 7.21. The monoisotopic (exact) mass is 261 g/mol. The van der Waals surface area contributed by atoms with E-state index in [0.717, 1.165) is 24.2 Å². The second kappa shape index (κ2) is 6.13. The number of aromatic nitrogens is 2. The van der Waals surface area contributed by atoms with Crippen molar-refractivity contribution in [1.29, 1.82) is 0 Å². The lowest BCUT2D eigenvalue weighted by atomic mass is 10.2. The first kappa shape index (κ1) is 13.3. The van der Waals surface area contributed by atoms with Gasteiger partial charge in [-0.05, 0) is 24.1 Å². The zero-order valence-electron chi connectivity index (χ0n) is 10.8. The molecule has 0 saturated heterocycles. The van der Waals surface area contributed by atoms with Crippen molar-refractivity contribution in [3.05, 3.63) is 58.3 Å². The fraction of sp³-hybridized carbons (Fsp3) is 0.286. The normalized spacial score (nSPS) is 10.4. The summed E-state index contributed by atoms with van der Waals surface area (Å²) in [6.07, 6.45) is 2.61. The summed E-state index contributed by atoms with van der Waals surface area (Å²) in [6, 6.07) is 7.56. The molecule has 1 aromatic heterocycles. The molecular formula is C14H16FN3O. The van der Waals surface area contributed by atoms with Gasteiger partial charge in [0.25, 0.3) is 5.56 Å². The van der Waals surface area contributed by atoms with Gasteiger partial charge >= 0.3 is 0 Å². The van der Waals surface area contributed by atoms with Crippen LogP contribution in [-0.2, 0) is 6.54 Å². The fourth-order valence-electron chi connectivity index (χ4n) is 1.68. The van der Waals surface area contributed by atoms with Crippen molar-refractivity contribution in [2.45, 2.75) is 19.9 Å². The summed E-state index contributed by atoms with van der Waals surface area (Å²) in [4.78, 5) is 11.9. The standard InChI is InChI=1S/C14H16FN3O/c1-2-7-16-13-8-14(19)18(17-9-13)10-11-3-5-12(15)6-4-11/h3-6,8-9,16H,2,7,10H2,1H3. The molecule has 0 amide bonds. The molecule has 0 radical (unpaired) electrons. The Labute approximate surface area is 110 Å². The SMILES string of the molecule is CCCNc1cnn(Cc2ccc(F)cc2)c(=O)c1. The Morgan fingerprint density at radius 1 is 1.32 bits per heavy atom. The van der Waals surface area contributed by atoms with Gasteiger partial charge in [-0.15, -0.1) is 0 Å². The van der Waals surface area contributed by atoms with Gasteiger partial charge in [0.1, 0.15) is 5.82 Å². The van der Waals surface area contributed by atoms with E-state index in [9.17, 15) is 9.18 Å². The number of benzene rings is 1. The van der Waals surface area contributed by atoms with Crippen LogP contribution < -0.4 is 10.9 Å². The van der Waals surface area contributed by atoms with Gasteiger partial charge in [-0.1, -0.05) is 19.1 Å². The lowest BCUT2D eigenvalue weighted by Gasteiger charge is -2.07. The average Bonchev–Trinajstić information content (AvgIpc) is 2.41. The Hall–Kier alpha value is -2.17. The van der Waals surface area contributed by atoms with Crippen LogP contribution in [-0.4, -0.2) is 16.3 Å². The predicted molar refractivity (Wildman–Crippen MR) is 72.8 cm³/mol. The Morgan fingerprint density at radius 3 is 2.68 bits per heavy atom. The Bertz CT molecular complexity index is 592. The van der Waals surface area contributed by atoms with Crippen LogP contribution in [0.5, 0.6) is 0 Å². The molecule has 1 N–H and O–H groups in total. The third-order valence-electron chi connectivity index (χ3n) is 2.69. The van der Waals surface area contributed by atoms with Crippen LogP contribution in [0.2, 0.25) is 0 Å². The second-order valence-electron chi connectivity index (χ2n) is 4.29. The predicted octanol–water partition coefficient (Wildman–Crippen LogP) is 2.25. The number of halogens is 1. The molecule has 2 aromatic rings. The first-order valence-electron chi connectivity index (χ1n) is 6.24. The van der Waals surface area contributed by atoms with E-state index in [-0.39, 0.29) is 11.4 Å². The Balaban J connectivity index is 2.13. The highest BCUT2D eigenvalue weighted by molar-refractivity contribution is 5.38. The number of hydrogen-bond acceptors (Lipinski definition) is 3. The molecule has 0 aliphatic heterocycles. The van der Waals surface area contributed by atoms with Crippen LogP contribution in [0, 0.1) is 5.82 Å². The third-order valence-corrected chi connectivity index (χ3v) is 2.69. The van der Waals surface area contributed by atoms with Gasteiger partial charge in [-0.25, -0.2) is 9.07 Å². The minimum atomic E-state index is -0.289. The lowest BCUT2D eigenvalue weighted by Crippen LogP contribution is -2.23. The fourth-order valence-corrected chi connectivity index (χ4v) is 1.68. The molecule has 0 spiro atoms. The second-order valence-corrected chi connectivity index (χ2v) is 4.29. The van der Waals surface area contributed by atoms with Gasteiger partial charge in [0.15, 0.2) is 0 Å². The van der Waals surface area contributed by atoms with Crippen molar-refractivity contribution in [2.24, 2.45) is 0 Å². The maximum absolute atomic E-state index is 12.8. The molecule has 5 heteroatoms. The first-order valence-corrected chi connectivity index (χ1v) is 6.24. The van der Waals surface area contributed by atoms with Gasteiger partial charge in [-0.3, -0.25) is 4.79 Å². The van der Waals surface area contributed by atoms with Crippen LogP contribution in [0.15, 0.2) is 41.3 Å². The zero-order chi connectivity index (χ0) is 13.7. The summed E-state index contributed by atoms with van der Waals surface area (Å²) in [7, 11) is 0. The quantitative estimate of drug-likeness (QED) is 0.898. The van der Waals surface area contributed by atoms with Crippen molar-refractivity contribution in [2.75, 3.05) is 11.9 Å². The molecular weight excluding hydrogens is 245 g/mol. The van der Waals surface area contributed by atoms with Gasteiger partial charge in [0.2, 0.25) is 0 Å². The molecule has 0 aliphatic rings. The summed E-state index contributed by atoms with van der Waals surface area (Å²) in [6.45, 7) is 3.20. The van der Waals surface area contributed by atoms with Crippen LogP contribution >= 0.6 is 0 Å². The highest BCUT2D eigenvalue weighted by Gasteiger charge is 2.01. The van der Waals surface area contributed by atoms with E-state index in [1.165, 1.54) is 22.9 Å². The van der Waals surface area contributed by atoms with Crippen molar-refractivity contribution >= 4 is 5.69 Å². The van der Waals surface area contributed by atoms with Crippen molar-refractivity contribution in [3.8, 4) is 0 Å². The number of hydrogen-bond donors (Lipinski definition) is 1. The third kappa shape index (κ3) is 3.64. The minimum Gasteiger partial charge on any atom is -0.384 e. The first-order chi connectivity index (χ1) is 9.19. The number of anilines is 1. The topological polar surface area (TPSA) is 46.9 Å². The van der Waals surface area contributed by atoms with E-state index in [2.05, 4.69) is 17.3 Å². The molecule has 0 unspecified atom stereocenters. The molecule has 0 atom stereocenters. The molecule has 0 fully saturated rings. The molecule has 100 valence electrons. The van der Waals surface area contributed by atoms with Crippen molar-refractivity contribution < 1.29 is 4.39 Å². The molecule has 1 heterocycles. The average molecular weight is 261 g/mol. The van der Waals surface area contributed by atoms with E-state index in [1.807, 2.05) is 0 Å². The molecule has 0 saturated carbocycles. The molecule has 4 nitrogen and oxygen atoms in total. The number of rotatable bonds is 5. The van der Waals surface area contributed by atoms with Gasteiger partial charge < -0.3 is 5.32 Å². The molecule has 0 bridgehead atoms. The smallest absolute Gasteiger partial charge is 0.269 e. The van der Waals surface area contributed by atoms with E-state index in [4.69, 9.17) is 0 Å². The maximum atomic E-state index is 12.8. The summed E-state index contributed by atoms with van der Waals surface area (Å²) >= 11 is 0. The number of nitrogens with one attached hydrogen (secondary N) is 1. The van der Waals surface area contributed by atoms with Gasteiger partial charge in [0, 0.05) is 12.6 Å². The van der Waals surface area contributed by atoms with Gasteiger partial charge in [-0.2, -0.15) is 5.10 Å². The largest absolute Gasteiger partial charge is 0.384 e. The molecule has 2 rings (SSSR count). The summed E-state index contributed by atoms with van der Waals surface area (Å²) in [5.41, 5.74) is 1.39. The summed E-state index contributed by atoms with van der Waals surface area (Å²) in [5.74, 6) is -0.289. The highest BCUT2D eigenvalue weighted by atomic mass is 19.1. The molecule has 1 aromatic carbocycles. The van der Waals surface area contributed by atoms with Crippen LogP contribution in [0.3, 0.4) is 0 Å². The Morgan fingerprint density at radius 2 is 2.05 bits per heavy atom. The van der Waals surface area contributed by atoms with Gasteiger partial charge in [0.05, 0.1) is 18.4 Å². The van der Waals surface area contributed by atoms with Crippen LogP contribution in [0.4, 0.5) is 10.1 Å². The lowest BCUT2D eigenvalue weighted by molar-refractivity contribution is 0.619. The maximum Gasteiger partial charge on any atom is 0.269 e. The molecule has 19 heavy (non-hydrogen) atoms. The van der Waals surface area contributed by atoms with E-state index in [1.54, 1.807) is 18.3 Å². The molecule has 0 aliphatic carbocycles. The van der Waals surface area contributed by atoms with Crippen LogP contribution in [0.1, 0.15) is 18.9 Å². The minimum absolute atomic E-state index is 0.176. The summed E-state index contributed by atoms with van der Waals surface area (Å²) < 4.78 is 14.1. The zero-order valence-corrected chi connectivity index (χ0v) is 10.8. The van der Waals surface area contributed by atoms with E-state index < -0.39 is 0 Å².